The fraction of sp³-hybridized carbons (Fsp3) is 1.00. The summed E-state index contributed by atoms with van der Waals surface area (Å²) >= 11 is 0. The maximum Gasteiger partial charge on any atom is 0.214 e. The molecular formula is C10H23NO3S. The van der Waals surface area contributed by atoms with Crippen LogP contribution in [0.15, 0.2) is 0 Å². The Morgan fingerprint density at radius 1 is 1.27 bits per heavy atom. The zero-order valence-corrected chi connectivity index (χ0v) is 10.5. The Labute approximate surface area is 93.1 Å². The first-order valence-electron chi connectivity index (χ1n) is 5.62. The second-order valence-electron chi connectivity index (χ2n) is 3.91. The van der Waals surface area contributed by atoms with Crippen molar-refractivity contribution in [3.63, 3.8) is 0 Å². The van der Waals surface area contributed by atoms with E-state index < -0.39 is 10.0 Å². The van der Waals surface area contributed by atoms with E-state index in [0.717, 1.165) is 19.3 Å². The van der Waals surface area contributed by atoms with E-state index >= 15 is 0 Å². The number of sulfonamides is 1. The van der Waals surface area contributed by atoms with Crippen LogP contribution in [0.5, 0.6) is 0 Å². The smallest absolute Gasteiger partial charge is 0.214 e. The fourth-order valence-corrected chi connectivity index (χ4v) is 2.51. The molecule has 0 rings (SSSR count). The molecule has 0 aliphatic heterocycles. The molecule has 0 bridgehead atoms. The highest BCUT2D eigenvalue weighted by Gasteiger charge is 2.12. The highest BCUT2D eigenvalue weighted by molar-refractivity contribution is 7.89. The molecule has 2 N–H and O–H groups in total. The average Bonchev–Trinajstić information content (AvgIpc) is 2.11. The maximum absolute atomic E-state index is 11.3. The summed E-state index contributed by atoms with van der Waals surface area (Å²) in [6, 6.07) is -0.0293. The zero-order valence-electron chi connectivity index (χ0n) is 9.70. The zero-order chi connectivity index (χ0) is 11.7. The summed E-state index contributed by atoms with van der Waals surface area (Å²) < 4.78 is 25.1. The lowest BCUT2D eigenvalue weighted by molar-refractivity contribution is 0.319. The Hall–Kier alpha value is -0.130. The van der Waals surface area contributed by atoms with Crippen molar-refractivity contribution in [1.29, 1.82) is 0 Å². The molecule has 0 amide bonds. The summed E-state index contributed by atoms with van der Waals surface area (Å²) in [5.41, 5.74) is 0. The van der Waals surface area contributed by atoms with E-state index in [2.05, 4.69) is 11.6 Å². The first-order valence-corrected chi connectivity index (χ1v) is 7.28. The van der Waals surface area contributed by atoms with E-state index in [1.807, 2.05) is 6.92 Å². The third-order valence-corrected chi connectivity index (χ3v) is 3.71. The molecule has 1 atom stereocenters. The van der Waals surface area contributed by atoms with Gasteiger partial charge in [-0.1, -0.05) is 32.6 Å². The van der Waals surface area contributed by atoms with Crippen LogP contribution in [0.1, 0.15) is 46.0 Å². The van der Waals surface area contributed by atoms with Gasteiger partial charge in [-0.05, 0) is 13.3 Å². The normalized spacial score (nSPS) is 14.1. The van der Waals surface area contributed by atoms with Crippen LogP contribution >= 0.6 is 0 Å². The van der Waals surface area contributed by atoms with E-state index in [4.69, 9.17) is 5.11 Å². The van der Waals surface area contributed by atoms with Crippen LogP contribution in [-0.4, -0.2) is 31.9 Å². The molecule has 4 nitrogen and oxygen atoms in total. The van der Waals surface area contributed by atoms with Crippen LogP contribution in [0.3, 0.4) is 0 Å². The standard InChI is InChI=1S/C10H23NO3S/c1-3-4-5-6-7-10(2)11-15(13,14)9-8-12/h10-12H,3-9H2,1-2H3. The molecule has 0 aliphatic carbocycles. The Morgan fingerprint density at radius 2 is 1.93 bits per heavy atom. The van der Waals surface area contributed by atoms with Gasteiger partial charge in [0.1, 0.15) is 0 Å². The molecule has 0 saturated heterocycles. The van der Waals surface area contributed by atoms with Crippen molar-refractivity contribution in [2.45, 2.75) is 52.0 Å². The maximum atomic E-state index is 11.3. The molecule has 92 valence electrons. The van der Waals surface area contributed by atoms with Crippen molar-refractivity contribution in [3.8, 4) is 0 Å². The van der Waals surface area contributed by atoms with E-state index in [0.29, 0.717) is 0 Å². The van der Waals surface area contributed by atoms with Crippen LogP contribution in [0.4, 0.5) is 0 Å². The third kappa shape index (κ3) is 8.84. The molecular weight excluding hydrogens is 214 g/mol. The highest BCUT2D eigenvalue weighted by atomic mass is 32.2. The molecule has 0 aromatic carbocycles. The van der Waals surface area contributed by atoms with Gasteiger partial charge in [0.2, 0.25) is 10.0 Å². The molecule has 0 aromatic heterocycles. The van der Waals surface area contributed by atoms with Crippen LogP contribution in [0.25, 0.3) is 0 Å². The molecule has 0 radical (unpaired) electrons. The molecule has 0 fully saturated rings. The van der Waals surface area contributed by atoms with Crippen LogP contribution in [0.2, 0.25) is 0 Å². The van der Waals surface area contributed by atoms with Gasteiger partial charge in [0.15, 0.2) is 0 Å². The van der Waals surface area contributed by atoms with E-state index in [9.17, 15) is 8.42 Å². The summed E-state index contributed by atoms with van der Waals surface area (Å²) in [4.78, 5) is 0. The van der Waals surface area contributed by atoms with Crippen molar-refractivity contribution >= 4 is 10.0 Å². The third-order valence-electron chi connectivity index (χ3n) is 2.23. The summed E-state index contributed by atoms with van der Waals surface area (Å²) in [6.07, 6.45) is 5.46. The summed E-state index contributed by atoms with van der Waals surface area (Å²) in [5.74, 6) is -0.202. The molecule has 0 saturated carbocycles. The van der Waals surface area contributed by atoms with E-state index in [-0.39, 0.29) is 18.4 Å². The molecule has 15 heavy (non-hydrogen) atoms. The van der Waals surface area contributed by atoms with Crippen LogP contribution < -0.4 is 4.72 Å². The quantitative estimate of drug-likeness (QED) is 0.593. The topological polar surface area (TPSA) is 66.4 Å². The first-order chi connectivity index (χ1) is 7.02. The van der Waals surface area contributed by atoms with Gasteiger partial charge in [-0.25, -0.2) is 13.1 Å². The number of rotatable bonds is 9. The predicted octanol–water partition coefficient (Wildman–Crippen LogP) is 1.26. The van der Waals surface area contributed by atoms with E-state index in [1.165, 1.54) is 12.8 Å². The summed E-state index contributed by atoms with van der Waals surface area (Å²) in [7, 11) is -3.27. The van der Waals surface area contributed by atoms with Gasteiger partial charge >= 0.3 is 0 Å². The second-order valence-corrected chi connectivity index (χ2v) is 5.78. The minimum absolute atomic E-state index is 0.0293. The van der Waals surface area contributed by atoms with Crippen molar-refractivity contribution in [2.75, 3.05) is 12.4 Å². The van der Waals surface area contributed by atoms with Gasteiger partial charge in [0.25, 0.3) is 0 Å². The van der Waals surface area contributed by atoms with E-state index in [1.54, 1.807) is 0 Å². The van der Waals surface area contributed by atoms with Crippen LogP contribution in [-0.2, 0) is 10.0 Å². The van der Waals surface area contributed by atoms with Gasteiger partial charge in [-0.15, -0.1) is 0 Å². The minimum Gasteiger partial charge on any atom is -0.395 e. The summed E-state index contributed by atoms with van der Waals surface area (Å²) in [6.45, 7) is 3.69. The molecule has 1 unspecified atom stereocenters. The lowest BCUT2D eigenvalue weighted by Gasteiger charge is -2.13. The molecule has 0 heterocycles. The van der Waals surface area contributed by atoms with Gasteiger partial charge < -0.3 is 5.11 Å². The Balaban J connectivity index is 3.68. The number of aliphatic hydroxyl groups excluding tert-OH is 1. The van der Waals surface area contributed by atoms with Crippen molar-refractivity contribution < 1.29 is 13.5 Å². The Morgan fingerprint density at radius 3 is 2.47 bits per heavy atom. The average molecular weight is 237 g/mol. The Bertz CT molecular complexity index is 239. The predicted molar refractivity (Wildman–Crippen MR) is 62.2 cm³/mol. The number of hydrogen-bond acceptors (Lipinski definition) is 3. The molecule has 0 spiro atoms. The van der Waals surface area contributed by atoms with Gasteiger partial charge in [0, 0.05) is 6.04 Å². The lowest BCUT2D eigenvalue weighted by atomic mass is 10.1. The molecule has 5 heteroatoms. The van der Waals surface area contributed by atoms with Crippen molar-refractivity contribution in [3.05, 3.63) is 0 Å². The molecule has 0 aliphatic rings. The largest absolute Gasteiger partial charge is 0.395 e. The highest BCUT2D eigenvalue weighted by Crippen LogP contribution is 2.05. The van der Waals surface area contributed by atoms with Crippen molar-refractivity contribution in [1.82, 2.24) is 4.72 Å². The SMILES string of the molecule is CCCCCCC(C)NS(=O)(=O)CCO. The van der Waals surface area contributed by atoms with Gasteiger partial charge in [-0.3, -0.25) is 0 Å². The number of hydrogen-bond donors (Lipinski definition) is 2. The number of nitrogens with one attached hydrogen (secondary N) is 1. The summed E-state index contributed by atoms with van der Waals surface area (Å²) in [5, 5.41) is 8.54. The second kappa shape index (κ2) is 8.07. The first kappa shape index (κ1) is 14.9. The van der Waals surface area contributed by atoms with Crippen LogP contribution in [0, 0.1) is 0 Å². The van der Waals surface area contributed by atoms with Gasteiger partial charge in [0.05, 0.1) is 12.4 Å². The Kier molecular flexibility index (Phi) is 8.00. The molecule has 0 aromatic rings. The van der Waals surface area contributed by atoms with Gasteiger partial charge in [-0.2, -0.15) is 0 Å². The monoisotopic (exact) mass is 237 g/mol. The number of unbranched alkanes of at least 4 members (excludes halogenated alkanes) is 3. The lowest BCUT2D eigenvalue weighted by Crippen LogP contribution is -2.35. The number of aliphatic hydroxyl groups is 1. The fourth-order valence-electron chi connectivity index (χ4n) is 1.42. The van der Waals surface area contributed by atoms with Crippen molar-refractivity contribution in [2.24, 2.45) is 0 Å². The minimum atomic E-state index is -3.27.